The van der Waals surface area contributed by atoms with Crippen molar-refractivity contribution >= 4 is 23.5 Å². The van der Waals surface area contributed by atoms with E-state index in [2.05, 4.69) is 22.4 Å². The molecule has 1 aliphatic rings. The van der Waals surface area contributed by atoms with E-state index in [1.807, 2.05) is 40.9 Å². The van der Waals surface area contributed by atoms with Crippen LogP contribution in [0.1, 0.15) is 19.2 Å². The van der Waals surface area contributed by atoms with Gasteiger partial charge in [0, 0.05) is 36.5 Å². The highest BCUT2D eigenvalue weighted by molar-refractivity contribution is 7.99. The van der Waals surface area contributed by atoms with Gasteiger partial charge in [0.25, 0.3) is 0 Å². The van der Waals surface area contributed by atoms with Crippen LogP contribution in [0.3, 0.4) is 0 Å². The number of benzene rings is 1. The molecule has 0 saturated carbocycles. The van der Waals surface area contributed by atoms with Crippen molar-refractivity contribution in [1.29, 1.82) is 0 Å². The number of carbonyl (C=O) groups is 1. The van der Waals surface area contributed by atoms with Crippen LogP contribution in [0.25, 0.3) is 11.4 Å². The number of nitrogens with zero attached hydrogens (tertiary/aromatic N) is 3. The minimum Gasteiger partial charge on any atom is -0.339 e. The van der Waals surface area contributed by atoms with Gasteiger partial charge in [-0.2, -0.15) is 16.7 Å². The molecule has 2 heterocycles. The fraction of sp³-hybridized carbons (Fsp3) is 0.438. The van der Waals surface area contributed by atoms with Crippen LogP contribution >= 0.6 is 11.8 Å². The van der Waals surface area contributed by atoms with E-state index in [0.29, 0.717) is 11.7 Å². The van der Waals surface area contributed by atoms with Gasteiger partial charge in [-0.1, -0.05) is 17.3 Å². The molecule has 7 heteroatoms. The molecule has 0 unspecified atom stereocenters. The van der Waals surface area contributed by atoms with Gasteiger partial charge < -0.3 is 14.7 Å². The van der Waals surface area contributed by atoms with Crippen molar-refractivity contribution < 1.29 is 9.32 Å². The molecule has 0 bridgehead atoms. The smallest absolute Gasteiger partial charge is 0.322 e. The van der Waals surface area contributed by atoms with E-state index in [9.17, 15) is 4.79 Å². The molecule has 0 spiro atoms. The zero-order valence-electron chi connectivity index (χ0n) is 13.3. The molecule has 1 N–H and O–H groups in total. The molecule has 1 fully saturated rings. The zero-order valence-corrected chi connectivity index (χ0v) is 14.1. The molecule has 1 atom stereocenters. The molecule has 1 aromatic heterocycles. The van der Waals surface area contributed by atoms with Gasteiger partial charge in [-0.25, -0.2) is 4.79 Å². The fourth-order valence-electron chi connectivity index (χ4n) is 2.54. The van der Waals surface area contributed by atoms with Crippen LogP contribution in [-0.4, -0.2) is 45.2 Å². The Morgan fingerprint density at radius 1 is 1.43 bits per heavy atom. The van der Waals surface area contributed by atoms with Crippen molar-refractivity contribution in [3.05, 3.63) is 30.2 Å². The molecule has 2 aromatic rings. The van der Waals surface area contributed by atoms with Gasteiger partial charge in [0.05, 0.1) is 0 Å². The normalized spacial score (nSPS) is 18.5. The molecule has 0 radical (unpaired) electrons. The summed E-state index contributed by atoms with van der Waals surface area (Å²) < 4.78 is 5.00. The lowest BCUT2D eigenvalue weighted by Crippen LogP contribution is -2.41. The molecule has 3 rings (SSSR count). The van der Waals surface area contributed by atoms with Crippen LogP contribution in [0.15, 0.2) is 28.8 Å². The highest BCUT2D eigenvalue weighted by atomic mass is 32.2. The number of hydrogen-bond donors (Lipinski definition) is 1. The quantitative estimate of drug-likeness (QED) is 0.912. The first-order valence-electron chi connectivity index (χ1n) is 7.69. The standard InChI is InChI=1S/C16H20N4O2S/c1-11-6-8-23-9-7-20(11)16(21)18-14-5-3-4-13(10-14)15-17-12(2)22-19-15/h3-5,10-11H,6-9H2,1-2H3,(H,18,21)/t11-/m0/s1. The van der Waals surface area contributed by atoms with Crippen molar-refractivity contribution in [2.24, 2.45) is 0 Å². The SMILES string of the molecule is Cc1nc(-c2cccc(NC(=O)N3CCSCC[C@@H]3C)c2)no1. The Hall–Kier alpha value is -2.02. The Morgan fingerprint density at radius 3 is 3.09 bits per heavy atom. The average Bonchev–Trinajstić information content (AvgIpc) is 2.85. The number of amides is 2. The largest absolute Gasteiger partial charge is 0.339 e. The van der Waals surface area contributed by atoms with Crippen LogP contribution in [0.4, 0.5) is 10.5 Å². The number of carbonyl (C=O) groups excluding carboxylic acids is 1. The van der Waals surface area contributed by atoms with Crippen LogP contribution in [0.2, 0.25) is 0 Å². The van der Waals surface area contributed by atoms with Crippen molar-refractivity contribution in [3.63, 3.8) is 0 Å². The molecule has 2 amide bonds. The number of aryl methyl sites for hydroxylation is 1. The van der Waals surface area contributed by atoms with Gasteiger partial charge in [-0.15, -0.1) is 0 Å². The number of nitrogens with one attached hydrogen (secondary N) is 1. The van der Waals surface area contributed by atoms with Crippen LogP contribution in [0, 0.1) is 6.92 Å². The van der Waals surface area contributed by atoms with E-state index in [1.54, 1.807) is 6.92 Å². The van der Waals surface area contributed by atoms with Crippen molar-refractivity contribution in [1.82, 2.24) is 15.0 Å². The number of aromatic nitrogens is 2. The maximum atomic E-state index is 12.5. The van der Waals surface area contributed by atoms with E-state index < -0.39 is 0 Å². The molecular formula is C16H20N4O2S. The number of anilines is 1. The topological polar surface area (TPSA) is 71.3 Å². The maximum absolute atomic E-state index is 12.5. The third-order valence-corrected chi connectivity index (χ3v) is 4.84. The molecule has 1 aliphatic heterocycles. The van der Waals surface area contributed by atoms with Crippen LogP contribution < -0.4 is 5.32 Å². The van der Waals surface area contributed by atoms with Gasteiger partial charge in [-0.05, 0) is 31.2 Å². The lowest BCUT2D eigenvalue weighted by atomic mass is 10.2. The number of rotatable bonds is 2. The molecule has 1 saturated heterocycles. The summed E-state index contributed by atoms with van der Waals surface area (Å²) >= 11 is 1.90. The molecule has 23 heavy (non-hydrogen) atoms. The van der Waals surface area contributed by atoms with Gasteiger partial charge >= 0.3 is 6.03 Å². The summed E-state index contributed by atoms with van der Waals surface area (Å²) in [5, 5.41) is 6.89. The minimum absolute atomic E-state index is 0.0542. The fourth-order valence-corrected chi connectivity index (χ4v) is 3.58. The van der Waals surface area contributed by atoms with E-state index >= 15 is 0 Å². The van der Waals surface area contributed by atoms with Gasteiger partial charge in [-0.3, -0.25) is 0 Å². The Labute approximate surface area is 139 Å². The number of thioether (sulfide) groups is 1. The highest BCUT2D eigenvalue weighted by Crippen LogP contribution is 2.21. The Kier molecular flexibility index (Phi) is 4.85. The summed E-state index contributed by atoms with van der Waals surface area (Å²) in [6.07, 6.45) is 1.03. The number of hydrogen-bond acceptors (Lipinski definition) is 5. The second-order valence-electron chi connectivity index (χ2n) is 5.59. The van der Waals surface area contributed by atoms with Crippen LogP contribution in [0.5, 0.6) is 0 Å². The maximum Gasteiger partial charge on any atom is 0.322 e. The Morgan fingerprint density at radius 2 is 2.30 bits per heavy atom. The highest BCUT2D eigenvalue weighted by Gasteiger charge is 2.22. The molecular weight excluding hydrogens is 312 g/mol. The summed E-state index contributed by atoms with van der Waals surface area (Å²) in [4.78, 5) is 18.7. The molecule has 1 aromatic carbocycles. The summed E-state index contributed by atoms with van der Waals surface area (Å²) in [5.74, 6) is 3.14. The van der Waals surface area contributed by atoms with Gasteiger partial charge in [0.2, 0.25) is 11.7 Å². The lowest BCUT2D eigenvalue weighted by Gasteiger charge is -2.27. The van der Waals surface area contributed by atoms with Crippen molar-refractivity contribution in [2.75, 3.05) is 23.4 Å². The summed E-state index contributed by atoms with van der Waals surface area (Å²) in [6.45, 7) is 4.63. The third-order valence-electron chi connectivity index (χ3n) is 3.85. The van der Waals surface area contributed by atoms with Gasteiger partial charge in [0.15, 0.2) is 0 Å². The second kappa shape index (κ2) is 7.04. The Bertz CT molecular complexity index is 688. The predicted octanol–water partition coefficient (Wildman–Crippen LogP) is 3.40. The predicted molar refractivity (Wildman–Crippen MR) is 91.6 cm³/mol. The first-order valence-corrected chi connectivity index (χ1v) is 8.85. The van der Waals surface area contributed by atoms with Crippen molar-refractivity contribution in [2.45, 2.75) is 26.3 Å². The van der Waals surface area contributed by atoms with Crippen molar-refractivity contribution in [3.8, 4) is 11.4 Å². The van der Waals surface area contributed by atoms with Crippen LogP contribution in [-0.2, 0) is 0 Å². The molecule has 6 nitrogen and oxygen atoms in total. The zero-order chi connectivity index (χ0) is 16.2. The summed E-state index contributed by atoms with van der Waals surface area (Å²) in [5.41, 5.74) is 1.55. The summed E-state index contributed by atoms with van der Waals surface area (Å²) in [7, 11) is 0. The molecule has 0 aliphatic carbocycles. The number of urea groups is 1. The Balaban J connectivity index is 1.73. The summed E-state index contributed by atoms with van der Waals surface area (Å²) in [6, 6.07) is 7.70. The van der Waals surface area contributed by atoms with E-state index in [-0.39, 0.29) is 12.1 Å². The minimum atomic E-state index is -0.0542. The first kappa shape index (κ1) is 15.9. The third kappa shape index (κ3) is 3.85. The van der Waals surface area contributed by atoms with E-state index in [0.717, 1.165) is 35.7 Å². The average molecular weight is 332 g/mol. The second-order valence-corrected chi connectivity index (χ2v) is 6.82. The van der Waals surface area contributed by atoms with E-state index in [4.69, 9.17) is 4.52 Å². The lowest BCUT2D eigenvalue weighted by molar-refractivity contribution is 0.197. The monoisotopic (exact) mass is 332 g/mol. The molecule has 122 valence electrons. The first-order chi connectivity index (χ1) is 11.1. The van der Waals surface area contributed by atoms with E-state index in [1.165, 1.54) is 0 Å². The van der Waals surface area contributed by atoms with Gasteiger partial charge in [0.1, 0.15) is 0 Å².